The molecule has 80 valence electrons. The highest BCUT2D eigenvalue weighted by molar-refractivity contribution is 5.53. The molecule has 1 saturated carbocycles. The first-order valence-electron chi connectivity index (χ1n) is 5.43. The molecule has 1 fully saturated rings. The first-order valence-corrected chi connectivity index (χ1v) is 5.43. The third-order valence-corrected chi connectivity index (χ3v) is 3.08. The number of hydrogen-bond acceptors (Lipinski definition) is 2. The van der Waals surface area contributed by atoms with Crippen molar-refractivity contribution < 1.29 is 9.53 Å². The molecule has 1 aliphatic carbocycles. The largest absolute Gasteiger partial charge is 0.496 e. The van der Waals surface area contributed by atoms with Crippen molar-refractivity contribution in [1.29, 1.82) is 0 Å². The van der Waals surface area contributed by atoms with E-state index in [9.17, 15) is 4.79 Å². The summed E-state index contributed by atoms with van der Waals surface area (Å²) >= 11 is 0. The third kappa shape index (κ3) is 2.20. The minimum absolute atomic E-state index is 0.360. The molecule has 1 aromatic carbocycles. The fourth-order valence-electron chi connectivity index (χ4n) is 2.15. The summed E-state index contributed by atoms with van der Waals surface area (Å²) < 4.78 is 5.33. The predicted molar refractivity (Wildman–Crippen MR) is 59.1 cm³/mol. The summed E-state index contributed by atoms with van der Waals surface area (Å²) in [6.07, 6.45) is 4.13. The van der Waals surface area contributed by atoms with Gasteiger partial charge in [-0.05, 0) is 36.3 Å². The van der Waals surface area contributed by atoms with Crippen LogP contribution in [0.3, 0.4) is 0 Å². The second-order valence-corrected chi connectivity index (χ2v) is 4.09. The molecule has 0 saturated heterocycles. The Hall–Kier alpha value is -1.31. The van der Waals surface area contributed by atoms with Crippen LogP contribution in [0.5, 0.6) is 5.75 Å². The Balaban J connectivity index is 2.27. The van der Waals surface area contributed by atoms with Crippen LogP contribution in [0.25, 0.3) is 0 Å². The standard InChI is InChI=1S/C13H16O2/c1-15-13-5-3-2-4-12(13)11(8-9-14)10-6-7-10/h2-5,9-11H,6-8H2,1H3. The van der Waals surface area contributed by atoms with E-state index in [1.807, 2.05) is 18.2 Å². The van der Waals surface area contributed by atoms with E-state index < -0.39 is 0 Å². The van der Waals surface area contributed by atoms with Crippen LogP contribution in [0.4, 0.5) is 0 Å². The molecule has 0 heterocycles. The summed E-state index contributed by atoms with van der Waals surface area (Å²) in [6, 6.07) is 8.02. The van der Waals surface area contributed by atoms with Crippen molar-refractivity contribution in [3.8, 4) is 5.75 Å². The topological polar surface area (TPSA) is 26.3 Å². The lowest BCUT2D eigenvalue weighted by atomic mass is 9.91. The second-order valence-electron chi connectivity index (χ2n) is 4.09. The quantitative estimate of drug-likeness (QED) is 0.689. The highest BCUT2D eigenvalue weighted by Crippen LogP contribution is 2.46. The van der Waals surface area contributed by atoms with Gasteiger partial charge in [0.1, 0.15) is 12.0 Å². The fraction of sp³-hybridized carbons (Fsp3) is 0.462. The number of ether oxygens (including phenoxy) is 1. The smallest absolute Gasteiger partial charge is 0.122 e. The maximum atomic E-state index is 10.7. The molecule has 0 bridgehead atoms. The number of carbonyl (C=O) groups excluding carboxylic acids is 1. The van der Waals surface area contributed by atoms with Crippen LogP contribution < -0.4 is 4.74 Å². The van der Waals surface area contributed by atoms with Gasteiger partial charge in [-0.1, -0.05) is 18.2 Å². The first kappa shape index (κ1) is 10.2. The Morgan fingerprint density at radius 3 is 2.80 bits per heavy atom. The van der Waals surface area contributed by atoms with Crippen molar-refractivity contribution in [3.63, 3.8) is 0 Å². The maximum Gasteiger partial charge on any atom is 0.122 e. The summed E-state index contributed by atoms with van der Waals surface area (Å²) in [6.45, 7) is 0. The average molecular weight is 204 g/mol. The van der Waals surface area contributed by atoms with Gasteiger partial charge in [-0.3, -0.25) is 0 Å². The van der Waals surface area contributed by atoms with Gasteiger partial charge in [0.2, 0.25) is 0 Å². The minimum atomic E-state index is 0.360. The van der Waals surface area contributed by atoms with Crippen LogP contribution in [0, 0.1) is 5.92 Å². The number of hydrogen-bond donors (Lipinski definition) is 0. The zero-order valence-electron chi connectivity index (χ0n) is 8.98. The fourth-order valence-corrected chi connectivity index (χ4v) is 2.15. The summed E-state index contributed by atoms with van der Waals surface area (Å²) in [5.74, 6) is 1.96. The Bertz CT molecular complexity index is 342. The number of benzene rings is 1. The van der Waals surface area contributed by atoms with E-state index in [1.54, 1.807) is 7.11 Å². The minimum Gasteiger partial charge on any atom is -0.496 e. The average Bonchev–Trinajstić information content (AvgIpc) is 3.10. The molecule has 1 aliphatic rings. The maximum absolute atomic E-state index is 10.7. The molecular formula is C13H16O2. The Labute approximate surface area is 90.3 Å². The van der Waals surface area contributed by atoms with Gasteiger partial charge in [-0.15, -0.1) is 0 Å². The Morgan fingerprint density at radius 2 is 2.20 bits per heavy atom. The molecule has 0 amide bonds. The van der Waals surface area contributed by atoms with E-state index >= 15 is 0 Å². The molecule has 2 heteroatoms. The summed E-state index contributed by atoms with van der Waals surface area (Å²) in [5, 5.41) is 0. The molecule has 2 nitrogen and oxygen atoms in total. The number of para-hydroxylation sites is 1. The van der Waals surface area contributed by atoms with E-state index in [1.165, 1.54) is 18.4 Å². The zero-order chi connectivity index (χ0) is 10.7. The van der Waals surface area contributed by atoms with Gasteiger partial charge < -0.3 is 9.53 Å². The molecule has 1 atom stereocenters. The molecule has 2 rings (SSSR count). The summed E-state index contributed by atoms with van der Waals surface area (Å²) in [4.78, 5) is 10.7. The number of rotatable bonds is 5. The summed E-state index contributed by atoms with van der Waals surface area (Å²) in [7, 11) is 1.68. The van der Waals surface area contributed by atoms with Crippen molar-refractivity contribution in [2.75, 3.05) is 7.11 Å². The SMILES string of the molecule is COc1ccccc1C(CC=O)C1CC1. The molecule has 1 unspecified atom stereocenters. The monoisotopic (exact) mass is 204 g/mol. The highest BCUT2D eigenvalue weighted by atomic mass is 16.5. The van der Waals surface area contributed by atoms with Crippen LogP contribution in [0.2, 0.25) is 0 Å². The van der Waals surface area contributed by atoms with Gasteiger partial charge in [-0.25, -0.2) is 0 Å². The van der Waals surface area contributed by atoms with Gasteiger partial charge in [0, 0.05) is 6.42 Å². The van der Waals surface area contributed by atoms with Crippen molar-refractivity contribution in [3.05, 3.63) is 29.8 Å². The van der Waals surface area contributed by atoms with Crippen molar-refractivity contribution in [2.24, 2.45) is 5.92 Å². The van der Waals surface area contributed by atoms with Crippen molar-refractivity contribution >= 4 is 6.29 Å². The van der Waals surface area contributed by atoms with Crippen LogP contribution in [0.1, 0.15) is 30.7 Å². The normalized spacial score (nSPS) is 17.1. The van der Waals surface area contributed by atoms with E-state index in [-0.39, 0.29) is 0 Å². The van der Waals surface area contributed by atoms with Gasteiger partial charge in [0.25, 0.3) is 0 Å². The molecule has 0 aliphatic heterocycles. The van der Waals surface area contributed by atoms with E-state index in [4.69, 9.17) is 4.74 Å². The van der Waals surface area contributed by atoms with Crippen molar-refractivity contribution in [2.45, 2.75) is 25.2 Å². The molecule has 0 N–H and O–H groups in total. The van der Waals surface area contributed by atoms with E-state index in [0.717, 1.165) is 12.0 Å². The van der Waals surface area contributed by atoms with Gasteiger partial charge in [-0.2, -0.15) is 0 Å². The predicted octanol–water partition coefficient (Wildman–Crippen LogP) is 2.78. The molecular weight excluding hydrogens is 188 g/mol. The van der Waals surface area contributed by atoms with Gasteiger partial charge >= 0.3 is 0 Å². The van der Waals surface area contributed by atoms with Crippen LogP contribution in [-0.2, 0) is 4.79 Å². The molecule has 1 aromatic rings. The number of carbonyl (C=O) groups is 1. The first-order chi connectivity index (χ1) is 7.36. The lowest BCUT2D eigenvalue weighted by Gasteiger charge is -2.16. The van der Waals surface area contributed by atoms with Crippen molar-refractivity contribution in [1.82, 2.24) is 0 Å². The number of aldehydes is 1. The molecule has 0 spiro atoms. The lowest BCUT2D eigenvalue weighted by molar-refractivity contribution is -0.108. The summed E-state index contributed by atoms with van der Waals surface area (Å²) in [5.41, 5.74) is 1.19. The van der Waals surface area contributed by atoms with Crippen LogP contribution in [-0.4, -0.2) is 13.4 Å². The van der Waals surface area contributed by atoms with E-state index in [0.29, 0.717) is 18.3 Å². The Morgan fingerprint density at radius 1 is 1.47 bits per heavy atom. The highest BCUT2D eigenvalue weighted by Gasteiger charge is 2.33. The van der Waals surface area contributed by atoms with Crippen LogP contribution >= 0.6 is 0 Å². The number of methoxy groups -OCH3 is 1. The second kappa shape index (κ2) is 4.47. The van der Waals surface area contributed by atoms with Gasteiger partial charge in [0.05, 0.1) is 7.11 Å². The van der Waals surface area contributed by atoms with E-state index in [2.05, 4.69) is 6.07 Å². The Kier molecular flexibility index (Phi) is 3.05. The molecule has 0 radical (unpaired) electrons. The third-order valence-electron chi connectivity index (χ3n) is 3.08. The molecule has 0 aromatic heterocycles. The lowest BCUT2D eigenvalue weighted by Crippen LogP contribution is -2.04. The van der Waals surface area contributed by atoms with Gasteiger partial charge in [0.15, 0.2) is 0 Å². The van der Waals surface area contributed by atoms with Crippen LogP contribution in [0.15, 0.2) is 24.3 Å². The zero-order valence-corrected chi connectivity index (χ0v) is 8.98. The molecule has 15 heavy (non-hydrogen) atoms.